The van der Waals surface area contributed by atoms with Gasteiger partial charge in [0.1, 0.15) is 5.54 Å². The van der Waals surface area contributed by atoms with Crippen LogP contribution in [0, 0.1) is 0 Å². The second-order valence-corrected chi connectivity index (χ2v) is 5.09. The van der Waals surface area contributed by atoms with Crippen LogP contribution in [0.25, 0.3) is 0 Å². The van der Waals surface area contributed by atoms with Crippen LogP contribution in [-0.4, -0.2) is 53.9 Å². The maximum Gasteiger partial charge on any atom is 0.324 e. The predicted octanol–water partition coefficient (Wildman–Crippen LogP) is 0.679. The van der Waals surface area contributed by atoms with E-state index < -0.39 is 11.5 Å². The molecule has 1 saturated heterocycles. The number of aliphatic carboxylic acids is 1. The van der Waals surface area contributed by atoms with Crippen LogP contribution in [0.15, 0.2) is 0 Å². The van der Waals surface area contributed by atoms with Gasteiger partial charge in [-0.15, -0.1) is 0 Å². The number of nitrogens with two attached hydrogens (primary N) is 1. The van der Waals surface area contributed by atoms with Crippen LogP contribution in [0.4, 0.5) is 0 Å². The SMILES string of the molecule is CCCOC1CCCN(CC(C)(N)C(=O)O)C1. The topological polar surface area (TPSA) is 75.8 Å². The molecule has 5 nitrogen and oxygen atoms in total. The van der Waals surface area contributed by atoms with E-state index in [-0.39, 0.29) is 6.10 Å². The number of nitrogens with zero attached hydrogens (tertiary/aromatic N) is 1. The zero-order valence-corrected chi connectivity index (χ0v) is 10.8. The summed E-state index contributed by atoms with van der Waals surface area (Å²) in [6, 6.07) is 0. The first kappa shape index (κ1) is 14.4. The van der Waals surface area contributed by atoms with E-state index in [1.54, 1.807) is 6.92 Å². The van der Waals surface area contributed by atoms with Crippen molar-refractivity contribution in [2.75, 3.05) is 26.2 Å². The van der Waals surface area contributed by atoms with Crippen LogP contribution < -0.4 is 5.73 Å². The number of carboxylic acid groups (broad SMARTS) is 1. The standard InChI is InChI=1S/C12H24N2O3/c1-3-7-17-10-5-4-6-14(8-10)9-12(2,13)11(15)16/h10H,3-9,13H2,1-2H3,(H,15,16). The Kier molecular flexibility index (Phi) is 5.36. The molecular formula is C12H24N2O3. The lowest BCUT2D eigenvalue weighted by molar-refractivity contribution is -0.143. The van der Waals surface area contributed by atoms with Crippen LogP contribution in [0.3, 0.4) is 0 Å². The molecule has 0 aromatic heterocycles. The highest BCUT2D eigenvalue weighted by molar-refractivity contribution is 5.78. The lowest BCUT2D eigenvalue weighted by Crippen LogP contribution is -2.56. The summed E-state index contributed by atoms with van der Waals surface area (Å²) in [5, 5.41) is 9.00. The molecule has 1 aliphatic heterocycles. The number of likely N-dealkylation sites (tertiary alicyclic amines) is 1. The van der Waals surface area contributed by atoms with Crippen molar-refractivity contribution >= 4 is 5.97 Å². The van der Waals surface area contributed by atoms with Gasteiger partial charge in [-0.25, -0.2) is 0 Å². The number of carbonyl (C=O) groups is 1. The van der Waals surface area contributed by atoms with Gasteiger partial charge in [0.25, 0.3) is 0 Å². The molecule has 17 heavy (non-hydrogen) atoms. The summed E-state index contributed by atoms with van der Waals surface area (Å²) in [7, 11) is 0. The fraction of sp³-hybridized carbons (Fsp3) is 0.917. The summed E-state index contributed by atoms with van der Waals surface area (Å²) >= 11 is 0. The van der Waals surface area contributed by atoms with Crippen LogP contribution in [0.2, 0.25) is 0 Å². The molecule has 5 heteroatoms. The minimum atomic E-state index is -1.17. The second kappa shape index (κ2) is 6.33. The molecule has 2 atom stereocenters. The zero-order chi connectivity index (χ0) is 12.9. The van der Waals surface area contributed by atoms with Gasteiger partial charge >= 0.3 is 5.97 Å². The quantitative estimate of drug-likeness (QED) is 0.718. The molecule has 1 rings (SSSR count). The monoisotopic (exact) mass is 244 g/mol. The summed E-state index contributed by atoms with van der Waals surface area (Å²) in [6.45, 7) is 6.51. The smallest absolute Gasteiger partial charge is 0.324 e. The highest BCUT2D eigenvalue weighted by atomic mass is 16.5. The molecule has 1 aliphatic rings. The van der Waals surface area contributed by atoms with Gasteiger partial charge in [-0.1, -0.05) is 6.92 Å². The van der Waals surface area contributed by atoms with Gasteiger partial charge in [0.05, 0.1) is 6.10 Å². The first-order valence-electron chi connectivity index (χ1n) is 6.32. The van der Waals surface area contributed by atoms with Gasteiger partial charge in [0.15, 0.2) is 0 Å². The van der Waals surface area contributed by atoms with Crippen LogP contribution in [0.5, 0.6) is 0 Å². The molecular weight excluding hydrogens is 220 g/mol. The fourth-order valence-electron chi connectivity index (χ4n) is 2.11. The molecule has 0 aromatic carbocycles. The Morgan fingerprint density at radius 2 is 2.35 bits per heavy atom. The minimum Gasteiger partial charge on any atom is -0.480 e. The van der Waals surface area contributed by atoms with E-state index in [0.717, 1.165) is 39.0 Å². The second-order valence-electron chi connectivity index (χ2n) is 5.09. The summed E-state index contributed by atoms with van der Waals surface area (Å²) < 4.78 is 5.71. The number of rotatable bonds is 6. The molecule has 0 saturated carbocycles. The zero-order valence-electron chi connectivity index (χ0n) is 10.8. The number of piperidine rings is 1. The fourth-order valence-corrected chi connectivity index (χ4v) is 2.11. The molecule has 0 aromatic rings. The molecule has 0 amide bonds. The number of hydrogen-bond acceptors (Lipinski definition) is 4. The van der Waals surface area contributed by atoms with Crippen molar-refractivity contribution < 1.29 is 14.6 Å². The maximum absolute atomic E-state index is 11.0. The van der Waals surface area contributed by atoms with Crippen molar-refractivity contribution in [3.63, 3.8) is 0 Å². The van der Waals surface area contributed by atoms with Crippen molar-refractivity contribution in [3.8, 4) is 0 Å². The number of ether oxygens (including phenoxy) is 1. The van der Waals surface area contributed by atoms with Crippen molar-refractivity contribution in [1.29, 1.82) is 0 Å². The molecule has 0 aliphatic carbocycles. The predicted molar refractivity (Wildman–Crippen MR) is 65.9 cm³/mol. The average molecular weight is 244 g/mol. The third-order valence-corrected chi connectivity index (χ3v) is 3.06. The number of carboxylic acids is 1. The van der Waals surface area contributed by atoms with E-state index in [9.17, 15) is 4.79 Å². The van der Waals surface area contributed by atoms with E-state index in [2.05, 4.69) is 11.8 Å². The van der Waals surface area contributed by atoms with E-state index in [1.807, 2.05) is 0 Å². The summed E-state index contributed by atoms with van der Waals surface area (Å²) in [4.78, 5) is 13.1. The molecule has 2 unspecified atom stereocenters. The average Bonchev–Trinajstić information content (AvgIpc) is 2.26. The third kappa shape index (κ3) is 4.61. The lowest BCUT2D eigenvalue weighted by atomic mass is 10.0. The molecule has 1 heterocycles. The van der Waals surface area contributed by atoms with Gasteiger partial charge in [0, 0.05) is 19.7 Å². The van der Waals surface area contributed by atoms with Crippen molar-refractivity contribution in [3.05, 3.63) is 0 Å². The Morgan fingerprint density at radius 1 is 1.65 bits per heavy atom. The van der Waals surface area contributed by atoms with Gasteiger partial charge < -0.3 is 15.6 Å². The van der Waals surface area contributed by atoms with Gasteiger partial charge in [0.2, 0.25) is 0 Å². The Balaban J connectivity index is 2.41. The summed E-state index contributed by atoms with van der Waals surface area (Å²) in [5.74, 6) is -0.950. The molecule has 0 spiro atoms. The molecule has 1 fully saturated rings. The van der Waals surface area contributed by atoms with Crippen LogP contribution >= 0.6 is 0 Å². The van der Waals surface area contributed by atoms with Crippen molar-refractivity contribution in [1.82, 2.24) is 4.90 Å². The van der Waals surface area contributed by atoms with Gasteiger partial charge in [-0.05, 0) is 32.7 Å². The molecule has 0 bridgehead atoms. The normalized spacial score (nSPS) is 25.5. The highest BCUT2D eigenvalue weighted by Gasteiger charge is 2.32. The first-order valence-corrected chi connectivity index (χ1v) is 6.32. The van der Waals surface area contributed by atoms with E-state index in [0.29, 0.717) is 6.54 Å². The van der Waals surface area contributed by atoms with Crippen molar-refractivity contribution in [2.24, 2.45) is 5.73 Å². The lowest BCUT2D eigenvalue weighted by Gasteiger charge is -2.36. The highest BCUT2D eigenvalue weighted by Crippen LogP contribution is 2.15. The van der Waals surface area contributed by atoms with E-state index >= 15 is 0 Å². The Bertz CT molecular complexity index is 256. The van der Waals surface area contributed by atoms with Gasteiger partial charge in [-0.2, -0.15) is 0 Å². The Morgan fingerprint density at radius 3 is 2.94 bits per heavy atom. The summed E-state index contributed by atoms with van der Waals surface area (Å²) in [6.07, 6.45) is 3.35. The van der Waals surface area contributed by atoms with Crippen molar-refractivity contribution in [2.45, 2.75) is 44.8 Å². The van der Waals surface area contributed by atoms with E-state index in [1.165, 1.54) is 0 Å². The first-order chi connectivity index (χ1) is 7.95. The van der Waals surface area contributed by atoms with E-state index in [4.69, 9.17) is 15.6 Å². The maximum atomic E-state index is 11.0. The molecule has 0 radical (unpaired) electrons. The molecule has 3 N–H and O–H groups in total. The van der Waals surface area contributed by atoms with Crippen LogP contribution in [-0.2, 0) is 9.53 Å². The Labute approximate surface area is 103 Å². The van der Waals surface area contributed by atoms with Crippen LogP contribution in [0.1, 0.15) is 33.1 Å². The van der Waals surface area contributed by atoms with Gasteiger partial charge in [-0.3, -0.25) is 9.69 Å². The Hall–Kier alpha value is -0.650. The minimum absolute atomic E-state index is 0.230. The largest absolute Gasteiger partial charge is 0.480 e. The summed E-state index contributed by atoms with van der Waals surface area (Å²) in [5.41, 5.74) is 4.58. The molecule has 100 valence electrons. The third-order valence-electron chi connectivity index (χ3n) is 3.06. The number of hydrogen-bond donors (Lipinski definition) is 2.